The number of aryl methyl sites for hydroxylation is 1. The van der Waals surface area contributed by atoms with Crippen LogP contribution in [0.2, 0.25) is 0 Å². The summed E-state index contributed by atoms with van der Waals surface area (Å²) in [7, 11) is 0. The summed E-state index contributed by atoms with van der Waals surface area (Å²) in [4.78, 5) is 0. The summed E-state index contributed by atoms with van der Waals surface area (Å²) in [5, 5.41) is 0. The van der Waals surface area contributed by atoms with E-state index in [1.54, 1.807) is 5.54 Å². The number of hydrogen-bond donors (Lipinski definition) is 0. The van der Waals surface area contributed by atoms with Crippen LogP contribution in [0.25, 0.3) is 0 Å². The largest absolute Gasteiger partial charge is 0.494 e. The smallest absolute Gasteiger partial charge is 0.119 e. The van der Waals surface area contributed by atoms with Crippen molar-refractivity contribution in [1.82, 2.24) is 0 Å². The van der Waals surface area contributed by atoms with Gasteiger partial charge in [0.1, 0.15) is 5.75 Å². The van der Waals surface area contributed by atoms with Gasteiger partial charge < -0.3 is 4.74 Å². The van der Waals surface area contributed by atoms with E-state index in [9.17, 15) is 0 Å². The van der Waals surface area contributed by atoms with Crippen LogP contribution in [-0.4, -0.2) is 6.61 Å². The summed E-state index contributed by atoms with van der Waals surface area (Å²) in [6.07, 6.45) is 17.2. The molecule has 0 bridgehead atoms. The molecular weight excluding hydrogens is 352 g/mol. The van der Waals surface area contributed by atoms with Crippen LogP contribution >= 0.6 is 11.6 Å². The van der Waals surface area contributed by atoms with E-state index in [0.717, 1.165) is 42.4 Å². The second-order valence-corrected chi connectivity index (χ2v) is 9.06. The number of benzene rings is 1. The Kier molecular flexibility index (Phi) is 8.58. The zero-order chi connectivity index (χ0) is 18.9. The Bertz CT molecular complexity index is 548. The number of rotatable bonds is 8. The first-order valence-electron chi connectivity index (χ1n) is 11.3. The minimum Gasteiger partial charge on any atom is -0.494 e. The topological polar surface area (TPSA) is 9.23 Å². The Morgan fingerprint density at radius 1 is 0.926 bits per heavy atom. The van der Waals surface area contributed by atoms with Gasteiger partial charge in [0.25, 0.3) is 0 Å². The standard InChI is InChI=1S/C25H37ClO/c1-2-19-27-25-15-9-21(10-16-25)4-3-20-5-11-23(12-6-20)24-13-7-22(8-14-24)17-18-26/h9-10,15-18,20,22-24H,2-8,11-14,19H2,1H3/b18-17+. The second kappa shape index (κ2) is 11.1. The third kappa shape index (κ3) is 6.56. The fourth-order valence-electron chi connectivity index (χ4n) is 5.20. The molecule has 1 aromatic carbocycles. The predicted molar refractivity (Wildman–Crippen MR) is 116 cm³/mol. The summed E-state index contributed by atoms with van der Waals surface area (Å²) in [5.74, 6) is 4.68. The zero-order valence-electron chi connectivity index (χ0n) is 17.0. The zero-order valence-corrected chi connectivity index (χ0v) is 17.8. The summed E-state index contributed by atoms with van der Waals surface area (Å²) >= 11 is 5.75. The van der Waals surface area contributed by atoms with E-state index in [2.05, 4.69) is 37.3 Å². The van der Waals surface area contributed by atoms with E-state index >= 15 is 0 Å². The van der Waals surface area contributed by atoms with Gasteiger partial charge in [-0.15, -0.1) is 0 Å². The molecule has 1 nitrogen and oxygen atoms in total. The molecule has 0 atom stereocenters. The molecule has 1 aromatic rings. The molecule has 0 spiro atoms. The minimum atomic E-state index is 0.744. The number of hydrogen-bond acceptors (Lipinski definition) is 1. The Morgan fingerprint density at radius 2 is 1.56 bits per heavy atom. The van der Waals surface area contributed by atoms with Crippen molar-refractivity contribution >= 4 is 11.6 Å². The number of halogens is 1. The van der Waals surface area contributed by atoms with E-state index in [1.165, 1.54) is 69.8 Å². The van der Waals surface area contributed by atoms with Crippen molar-refractivity contribution in [2.45, 2.75) is 77.6 Å². The van der Waals surface area contributed by atoms with Crippen LogP contribution in [0.4, 0.5) is 0 Å². The van der Waals surface area contributed by atoms with E-state index in [-0.39, 0.29) is 0 Å². The summed E-state index contributed by atoms with van der Waals surface area (Å²) < 4.78 is 5.68. The summed E-state index contributed by atoms with van der Waals surface area (Å²) in [6.45, 7) is 2.96. The minimum absolute atomic E-state index is 0.744. The lowest BCUT2D eigenvalue weighted by Gasteiger charge is -2.37. The number of ether oxygens (including phenoxy) is 1. The third-order valence-corrected chi connectivity index (χ3v) is 7.10. The van der Waals surface area contributed by atoms with E-state index < -0.39 is 0 Å². The molecule has 2 aliphatic rings. The fourth-order valence-corrected chi connectivity index (χ4v) is 5.41. The fraction of sp³-hybridized carbons (Fsp3) is 0.680. The van der Waals surface area contributed by atoms with E-state index in [1.807, 2.05) is 0 Å². The van der Waals surface area contributed by atoms with E-state index in [0.29, 0.717) is 0 Å². The van der Waals surface area contributed by atoms with Crippen LogP contribution in [0.1, 0.15) is 76.7 Å². The second-order valence-electron chi connectivity index (χ2n) is 8.81. The molecule has 2 heteroatoms. The van der Waals surface area contributed by atoms with Gasteiger partial charge in [-0.05, 0) is 99.2 Å². The maximum absolute atomic E-state index is 5.75. The van der Waals surface area contributed by atoms with Crippen molar-refractivity contribution in [2.24, 2.45) is 23.7 Å². The van der Waals surface area contributed by atoms with Crippen LogP contribution in [0.3, 0.4) is 0 Å². The SMILES string of the molecule is CCCOc1ccc(CCC2CCC(C3CCC(/C=C/Cl)CC3)CC2)cc1. The molecule has 2 saturated carbocycles. The molecule has 0 aromatic heterocycles. The molecule has 27 heavy (non-hydrogen) atoms. The molecule has 0 unspecified atom stereocenters. The first-order valence-corrected chi connectivity index (χ1v) is 11.7. The van der Waals surface area contributed by atoms with Gasteiger partial charge in [-0.1, -0.05) is 49.6 Å². The van der Waals surface area contributed by atoms with Gasteiger partial charge in [0.15, 0.2) is 0 Å². The van der Waals surface area contributed by atoms with Gasteiger partial charge in [0.2, 0.25) is 0 Å². The Labute approximate surface area is 171 Å². The molecular formula is C25H37ClO. The highest BCUT2D eigenvalue weighted by atomic mass is 35.5. The highest BCUT2D eigenvalue weighted by molar-refractivity contribution is 6.25. The molecule has 0 heterocycles. The monoisotopic (exact) mass is 388 g/mol. The van der Waals surface area contributed by atoms with E-state index in [4.69, 9.17) is 16.3 Å². The van der Waals surface area contributed by atoms with Crippen LogP contribution in [0.5, 0.6) is 5.75 Å². The van der Waals surface area contributed by atoms with Crippen LogP contribution in [0.15, 0.2) is 35.9 Å². The predicted octanol–water partition coefficient (Wildman–Crippen LogP) is 7.77. The molecule has 0 amide bonds. The Hall–Kier alpha value is -0.950. The highest BCUT2D eigenvalue weighted by Gasteiger charge is 2.30. The average molecular weight is 389 g/mol. The van der Waals surface area contributed by atoms with Crippen LogP contribution in [0, 0.1) is 23.7 Å². The molecule has 0 aliphatic heterocycles. The third-order valence-electron chi connectivity index (χ3n) is 6.96. The lowest BCUT2D eigenvalue weighted by molar-refractivity contribution is 0.153. The van der Waals surface area contributed by atoms with Crippen molar-refractivity contribution in [3.05, 3.63) is 41.4 Å². The van der Waals surface area contributed by atoms with Gasteiger partial charge in [-0.2, -0.15) is 0 Å². The molecule has 0 radical (unpaired) electrons. The van der Waals surface area contributed by atoms with Gasteiger partial charge in [0.05, 0.1) is 6.61 Å². The maximum Gasteiger partial charge on any atom is 0.119 e. The number of allylic oxidation sites excluding steroid dienone is 1. The van der Waals surface area contributed by atoms with Gasteiger partial charge in [-0.25, -0.2) is 0 Å². The van der Waals surface area contributed by atoms with Gasteiger partial charge in [-0.3, -0.25) is 0 Å². The van der Waals surface area contributed by atoms with Crippen molar-refractivity contribution in [3.63, 3.8) is 0 Å². The normalized spacial score (nSPS) is 29.1. The lowest BCUT2D eigenvalue weighted by Crippen LogP contribution is -2.25. The lowest BCUT2D eigenvalue weighted by atomic mass is 9.68. The molecule has 150 valence electrons. The first-order chi connectivity index (χ1) is 13.3. The Morgan fingerprint density at radius 3 is 2.15 bits per heavy atom. The molecule has 2 fully saturated rings. The molecule has 0 N–H and O–H groups in total. The van der Waals surface area contributed by atoms with Crippen molar-refractivity contribution in [1.29, 1.82) is 0 Å². The Balaban J connectivity index is 1.35. The van der Waals surface area contributed by atoms with Crippen molar-refractivity contribution < 1.29 is 4.74 Å². The summed E-state index contributed by atoms with van der Waals surface area (Å²) in [6, 6.07) is 8.78. The first kappa shape index (κ1) is 20.8. The van der Waals surface area contributed by atoms with Crippen LogP contribution in [-0.2, 0) is 6.42 Å². The quantitative estimate of drug-likeness (QED) is 0.441. The van der Waals surface area contributed by atoms with Crippen molar-refractivity contribution in [3.8, 4) is 5.75 Å². The van der Waals surface area contributed by atoms with Gasteiger partial charge in [0, 0.05) is 5.54 Å². The molecule has 2 aliphatic carbocycles. The molecule has 3 rings (SSSR count). The van der Waals surface area contributed by atoms with Crippen LogP contribution < -0.4 is 4.74 Å². The highest BCUT2D eigenvalue weighted by Crippen LogP contribution is 2.42. The van der Waals surface area contributed by atoms with Gasteiger partial charge >= 0.3 is 0 Å². The van der Waals surface area contributed by atoms with Crippen molar-refractivity contribution in [2.75, 3.05) is 6.61 Å². The maximum atomic E-state index is 5.75. The summed E-state index contributed by atoms with van der Waals surface area (Å²) in [5.41, 5.74) is 3.19. The molecule has 0 saturated heterocycles. The average Bonchev–Trinajstić information content (AvgIpc) is 2.73.